The van der Waals surface area contributed by atoms with Crippen molar-refractivity contribution >= 4 is 5.91 Å². The number of carbonyl (C=O) groups is 1. The number of hydrogen-bond donors (Lipinski definition) is 1. The second-order valence-corrected chi connectivity index (χ2v) is 4.87. The minimum Gasteiger partial charge on any atom is -0.354 e. The van der Waals surface area contributed by atoms with E-state index in [1.807, 2.05) is 20.0 Å². The topological polar surface area (TPSA) is 46.9 Å². The zero-order valence-electron chi connectivity index (χ0n) is 10.7. The fraction of sp³-hybridized carbons (Fsp3) is 0.692. The highest BCUT2D eigenvalue weighted by molar-refractivity contribution is 5.78. The van der Waals surface area contributed by atoms with Crippen LogP contribution < -0.4 is 5.32 Å². The van der Waals surface area contributed by atoms with Gasteiger partial charge in [-0.05, 0) is 26.7 Å². The zero-order valence-corrected chi connectivity index (χ0v) is 10.7. The molecule has 1 aromatic heterocycles. The molecule has 4 nitrogen and oxygen atoms in total. The van der Waals surface area contributed by atoms with Gasteiger partial charge in [-0.3, -0.25) is 4.79 Å². The molecule has 0 radical (unpaired) electrons. The summed E-state index contributed by atoms with van der Waals surface area (Å²) >= 11 is 0. The molecule has 0 aliphatic heterocycles. The van der Waals surface area contributed by atoms with E-state index in [4.69, 9.17) is 0 Å². The number of aromatic nitrogens is 2. The monoisotopic (exact) mass is 235 g/mol. The quantitative estimate of drug-likeness (QED) is 0.865. The Labute approximate surface area is 102 Å². The molecule has 1 aliphatic carbocycles. The average Bonchev–Trinajstić information content (AvgIpc) is 2.93. The number of nitrogens with one attached hydrogen (secondary N) is 1. The molecule has 2 rings (SSSR count). The Morgan fingerprint density at radius 3 is 2.76 bits per heavy atom. The lowest BCUT2D eigenvalue weighted by atomic mass is 10.1. The lowest BCUT2D eigenvalue weighted by Gasteiger charge is -2.12. The maximum Gasteiger partial charge on any atom is 0.223 e. The number of aryl methyl sites for hydroxylation is 2. The Balaban J connectivity index is 1.77. The molecule has 1 aliphatic rings. The van der Waals surface area contributed by atoms with Crippen molar-refractivity contribution in [2.45, 2.75) is 46.1 Å². The number of rotatable bonds is 4. The zero-order chi connectivity index (χ0) is 12.3. The van der Waals surface area contributed by atoms with Crippen molar-refractivity contribution in [2.24, 2.45) is 5.92 Å². The number of imidazole rings is 1. The van der Waals surface area contributed by atoms with Crippen molar-refractivity contribution in [3.05, 3.63) is 17.7 Å². The molecule has 0 saturated heterocycles. The normalized spacial score (nSPS) is 16.4. The van der Waals surface area contributed by atoms with Gasteiger partial charge in [-0.15, -0.1) is 0 Å². The van der Waals surface area contributed by atoms with Crippen molar-refractivity contribution in [1.29, 1.82) is 0 Å². The highest BCUT2D eigenvalue weighted by Crippen LogP contribution is 2.24. The van der Waals surface area contributed by atoms with Gasteiger partial charge in [0.05, 0.1) is 0 Å². The van der Waals surface area contributed by atoms with Crippen LogP contribution >= 0.6 is 0 Å². The molecule has 1 N–H and O–H groups in total. The highest BCUT2D eigenvalue weighted by atomic mass is 16.1. The van der Waals surface area contributed by atoms with Gasteiger partial charge in [-0.2, -0.15) is 0 Å². The molecule has 1 saturated carbocycles. The summed E-state index contributed by atoms with van der Waals surface area (Å²) in [5.74, 6) is 1.51. The Bertz CT molecular complexity index is 372. The molecule has 1 amide bonds. The van der Waals surface area contributed by atoms with Gasteiger partial charge in [-0.25, -0.2) is 4.98 Å². The molecule has 4 heteroatoms. The van der Waals surface area contributed by atoms with E-state index in [1.54, 1.807) is 0 Å². The van der Waals surface area contributed by atoms with Crippen LogP contribution in [0.15, 0.2) is 6.20 Å². The van der Waals surface area contributed by atoms with Crippen LogP contribution in [-0.2, 0) is 11.3 Å². The van der Waals surface area contributed by atoms with E-state index in [2.05, 4.69) is 14.9 Å². The summed E-state index contributed by atoms with van der Waals surface area (Å²) in [6.07, 6.45) is 6.41. The van der Waals surface area contributed by atoms with Crippen molar-refractivity contribution in [3.8, 4) is 0 Å². The summed E-state index contributed by atoms with van der Waals surface area (Å²) in [4.78, 5) is 16.0. The Hall–Kier alpha value is -1.32. The van der Waals surface area contributed by atoms with E-state index < -0.39 is 0 Å². The third kappa shape index (κ3) is 2.87. The van der Waals surface area contributed by atoms with Crippen molar-refractivity contribution < 1.29 is 4.79 Å². The largest absolute Gasteiger partial charge is 0.354 e. The van der Waals surface area contributed by atoms with Gasteiger partial charge in [-0.1, -0.05) is 12.8 Å². The molecule has 94 valence electrons. The summed E-state index contributed by atoms with van der Waals surface area (Å²) in [5, 5.41) is 3.03. The van der Waals surface area contributed by atoms with Crippen LogP contribution in [0.2, 0.25) is 0 Å². The lowest BCUT2D eigenvalue weighted by molar-refractivity contribution is -0.124. The van der Waals surface area contributed by atoms with E-state index in [-0.39, 0.29) is 11.8 Å². The molecule has 0 spiro atoms. The third-order valence-corrected chi connectivity index (χ3v) is 3.62. The van der Waals surface area contributed by atoms with Crippen LogP contribution in [-0.4, -0.2) is 22.0 Å². The van der Waals surface area contributed by atoms with Crippen molar-refractivity contribution in [3.63, 3.8) is 0 Å². The van der Waals surface area contributed by atoms with Gasteiger partial charge in [0, 0.05) is 30.9 Å². The Kier molecular flexibility index (Phi) is 3.82. The SMILES string of the molecule is Cc1cnc(C)n1CCNC(=O)C1CCCC1. The maximum absolute atomic E-state index is 11.8. The Morgan fingerprint density at radius 2 is 2.18 bits per heavy atom. The molecule has 0 atom stereocenters. The van der Waals surface area contributed by atoms with Gasteiger partial charge in [0.15, 0.2) is 0 Å². The fourth-order valence-electron chi connectivity index (χ4n) is 2.54. The molecule has 0 unspecified atom stereocenters. The minimum atomic E-state index is 0.234. The molecule has 17 heavy (non-hydrogen) atoms. The molecule has 1 fully saturated rings. The van der Waals surface area contributed by atoms with Crippen LogP contribution in [0.4, 0.5) is 0 Å². The molecule has 1 heterocycles. The predicted octanol–water partition coefficient (Wildman–Crippen LogP) is 1.81. The first-order valence-electron chi connectivity index (χ1n) is 6.45. The predicted molar refractivity (Wildman–Crippen MR) is 66.7 cm³/mol. The van der Waals surface area contributed by atoms with E-state index >= 15 is 0 Å². The first-order valence-corrected chi connectivity index (χ1v) is 6.45. The van der Waals surface area contributed by atoms with E-state index in [1.165, 1.54) is 12.8 Å². The number of amides is 1. The smallest absolute Gasteiger partial charge is 0.223 e. The fourth-order valence-corrected chi connectivity index (χ4v) is 2.54. The number of hydrogen-bond acceptors (Lipinski definition) is 2. The number of carbonyl (C=O) groups excluding carboxylic acids is 1. The van der Waals surface area contributed by atoms with Crippen LogP contribution in [0.25, 0.3) is 0 Å². The summed E-state index contributed by atoms with van der Waals surface area (Å²) in [6.45, 7) is 5.55. The van der Waals surface area contributed by atoms with Crippen LogP contribution in [0.3, 0.4) is 0 Å². The second kappa shape index (κ2) is 5.34. The molecular weight excluding hydrogens is 214 g/mol. The molecule has 1 aromatic rings. The average molecular weight is 235 g/mol. The van der Waals surface area contributed by atoms with E-state index in [0.29, 0.717) is 6.54 Å². The van der Waals surface area contributed by atoms with Crippen LogP contribution in [0.1, 0.15) is 37.2 Å². The second-order valence-electron chi connectivity index (χ2n) is 4.87. The standard InChI is InChI=1S/C13H21N3O/c1-10-9-15-11(2)16(10)8-7-14-13(17)12-5-3-4-6-12/h9,12H,3-8H2,1-2H3,(H,14,17). The van der Waals surface area contributed by atoms with E-state index in [0.717, 1.165) is 30.9 Å². The maximum atomic E-state index is 11.8. The van der Waals surface area contributed by atoms with Gasteiger partial charge >= 0.3 is 0 Å². The number of nitrogens with zero attached hydrogens (tertiary/aromatic N) is 2. The third-order valence-electron chi connectivity index (χ3n) is 3.62. The molecular formula is C13H21N3O. The lowest BCUT2D eigenvalue weighted by Crippen LogP contribution is -2.32. The van der Waals surface area contributed by atoms with Crippen LogP contribution in [0, 0.1) is 19.8 Å². The van der Waals surface area contributed by atoms with Gasteiger partial charge < -0.3 is 9.88 Å². The van der Waals surface area contributed by atoms with Gasteiger partial charge in [0.25, 0.3) is 0 Å². The van der Waals surface area contributed by atoms with Gasteiger partial charge in [0.2, 0.25) is 5.91 Å². The van der Waals surface area contributed by atoms with Crippen molar-refractivity contribution in [1.82, 2.24) is 14.9 Å². The first kappa shape index (κ1) is 12.1. The minimum absolute atomic E-state index is 0.234. The molecule has 0 bridgehead atoms. The molecule has 0 aromatic carbocycles. The van der Waals surface area contributed by atoms with Gasteiger partial charge in [0.1, 0.15) is 5.82 Å². The summed E-state index contributed by atoms with van der Waals surface area (Å²) in [7, 11) is 0. The Morgan fingerprint density at radius 1 is 1.47 bits per heavy atom. The summed E-state index contributed by atoms with van der Waals surface area (Å²) < 4.78 is 2.13. The van der Waals surface area contributed by atoms with Crippen molar-refractivity contribution in [2.75, 3.05) is 6.54 Å². The summed E-state index contributed by atoms with van der Waals surface area (Å²) in [6, 6.07) is 0. The highest BCUT2D eigenvalue weighted by Gasteiger charge is 2.21. The summed E-state index contributed by atoms with van der Waals surface area (Å²) in [5.41, 5.74) is 1.15. The van der Waals surface area contributed by atoms with E-state index in [9.17, 15) is 4.79 Å². The first-order chi connectivity index (χ1) is 8.18. The van der Waals surface area contributed by atoms with Crippen LogP contribution in [0.5, 0.6) is 0 Å².